The molecule has 2 heterocycles. The maximum absolute atomic E-state index is 3.76. The van der Waals surface area contributed by atoms with Crippen molar-refractivity contribution in [2.45, 2.75) is 50.7 Å². The number of likely N-dealkylation sites (tertiary alicyclic amines) is 1. The molecule has 2 aliphatic heterocycles. The van der Waals surface area contributed by atoms with Crippen LogP contribution < -0.4 is 5.32 Å². The zero-order valence-corrected chi connectivity index (χ0v) is 13.2. The van der Waals surface area contributed by atoms with E-state index in [1.165, 1.54) is 42.4 Å². The Bertz CT molecular complexity index is 417. The van der Waals surface area contributed by atoms with E-state index in [9.17, 15) is 0 Å². The fourth-order valence-electron chi connectivity index (χ4n) is 3.46. The molecule has 1 aromatic rings. The number of nitrogens with one attached hydrogen (secondary N) is 1. The van der Waals surface area contributed by atoms with E-state index in [4.69, 9.17) is 0 Å². The van der Waals surface area contributed by atoms with Gasteiger partial charge in [0.1, 0.15) is 0 Å². The van der Waals surface area contributed by atoms with Gasteiger partial charge in [0, 0.05) is 29.1 Å². The van der Waals surface area contributed by atoms with Crippen LogP contribution in [-0.4, -0.2) is 36.1 Å². The highest BCUT2D eigenvalue weighted by molar-refractivity contribution is 9.10. The Morgan fingerprint density at radius 2 is 1.95 bits per heavy atom. The number of hydrogen-bond donors (Lipinski definition) is 1. The lowest BCUT2D eigenvalue weighted by molar-refractivity contribution is 0.197. The van der Waals surface area contributed by atoms with E-state index in [0.717, 1.165) is 18.5 Å². The molecule has 2 bridgehead atoms. The molecule has 0 spiro atoms. The highest BCUT2D eigenvalue weighted by Gasteiger charge is 2.30. The molecule has 3 unspecified atom stereocenters. The second kappa shape index (κ2) is 5.94. The lowest BCUT2D eigenvalue weighted by Crippen LogP contribution is -2.41. The highest BCUT2D eigenvalue weighted by atomic mass is 79.9. The normalized spacial score (nSPS) is 29.2. The van der Waals surface area contributed by atoms with Gasteiger partial charge in [0.05, 0.1) is 0 Å². The van der Waals surface area contributed by atoms with Gasteiger partial charge >= 0.3 is 0 Å². The monoisotopic (exact) mass is 322 g/mol. The van der Waals surface area contributed by atoms with Gasteiger partial charge in [0.2, 0.25) is 0 Å². The average Bonchev–Trinajstić information content (AvgIpc) is 2.71. The minimum Gasteiger partial charge on any atom is -0.310 e. The van der Waals surface area contributed by atoms with Gasteiger partial charge in [-0.1, -0.05) is 28.1 Å². The maximum Gasteiger partial charge on any atom is 0.0198 e. The minimum atomic E-state index is 0.641. The second-order valence-electron chi connectivity index (χ2n) is 6.10. The number of hydrogen-bond acceptors (Lipinski definition) is 2. The zero-order chi connectivity index (χ0) is 13.2. The molecule has 2 aliphatic rings. The average molecular weight is 323 g/mol. The van der Waals surface area contributed by atoms with Crippen LogP contribution in [0.2, 0.25) is 0 Å². The lowest BCUT2D eigenvalue weighted by Gasteiger charge is -2.30. The van der Waals surface area contributed by atoms with Crippen molar-refractivity contribution in [1.29, 1.82) is 0 Å². The molecule has 1 N–H and O–H groups in total. The standard InChI is InChI=1S/C16H23BrN2/c1-12(10-13-2-4-14(17)5-3-13)19-9-8-15-6-7-16(11-19)18-15/h2-5,12,15-16,18H,6-11H2,1H3. The molecule has 0 saturated carbocycles. The summed E-state index contributed by atoms with van der Waals surface area (Å²) in [6.07, 6.45) is 5.23. The summed E-state index contributed by atoms with van der Waals surface area (Å²) in [5.74, 6) is 0. The van der Waals surface area contributed by atoms with Crippen LogP contribution in [0.5, 0.6) is 0 Å². The Morgan fingerprint density at radius 1 is 1.21 bits per heavy atom. The van der Waals surface area contributed by atoms with E-state index in [2.05, 4.69) is 57.3 Å². The van der Waals surface area contributed by atoms with Crippen molar-refractivity contribution in [2.75, 3.05) is 13.1 Å². The van der Waals surface area contributed by atoms with Crippen LogP contribution in [0.4, 0.5) is 0 Å². The molecule has 0 aliphatic carbocycles. The molecule has 2 fully saturated rings. The Balaban J connectivity index is 1.60. The molecule has 3 atom stereocenters. The predicted molar refractivity (Wildman–Crippen MR) is 83.4 cm³/mol. The first-order valence-corrected chi connectivity index (χ1v) is 8.24. The number of halogens is 1. The van der Waals surface area contributed by atoms with E-state index >= 15 is 0 Å². The summed E-state index contributed by atoms with van der Waals surface area (Å²) in [7, 11) is 0. The van der Waals surface area contributed by atoms with E-state index < -0.39 is 0 Å². The van der Waals surface area contributed by atoms with Crippen molar-refractivity contribution < 1.29 is 0 Å². The summed E-state index contributed by atoms with van der Waals surface area (Å²) in [6, 6.07) is 10.9. The van der Waals surface area contributed by atoms with Crippen molar-refractivity contribution in [3.63, 3.8) is 0 Å². The Labute approximate surface area is 124 Å². The first-order valence-electron chi connectivity index (χ1n) is 7.45. The molecule has 19 heavy (non-hydrogen) atoms. The quantitative estimate of drug-likeness (QED) is 0.919. The largest absolute Gasteiger partial charge is 0.310 e. The fraction of sp³-hybridized carbons (Fsp3) is 0.625. The molecule has 0 amide bonds. The minimum absolute atomic E-state index is 0.641. The van der Waals surface area contributed by atoms with Crippen LogP contribution in [0.25, 0.3) is 0 Å². The van der Waals surface area contributed by atoms with Gasteiger partial charge in [-0.05, 0) is 56.8 Å². The predicted octanol–water partition coefficient (Wildman–Crippen LogP) is 3.21. The molecule has 0 radical (unpaired) electrons. The number of rotatable bonds is 3. The van der Waals surface area contributed by atoms with Crippen molar-refractivity contribution in [1.82, 2.24) is 10.2 Å². The van der Waals surface area contributed by atoms with Crippen molar-refractivity contribution in [3.05, 3.63) is 34.3 Å². The van der Waals surface area contributed by atoms with E-state index in [-0.39, 0.29) is 0 Å². The van der Waals surface area contributed by atoms with E-state index in [0.29, 0.717) is 6.04 Å². The van der Waals surface area contributed by atoms with Gasteiger partial charge in [-0.25, -0.2) is 0 Å². The highest BCUT2D eigenvalue weighted by Crippen LogP contribution is 2.22. The van der Waals surface area contributed by atoms with Gasteiger partial charge in [0.25, 0.3) is 0 Å². The van der Waals surface area contributed by atoms with Gasteiger partial charge in [-0.3, -0.25) is 4.90 Å². The number of benzene rings is 1. The first-order chi connectivity index (χ1) is 9.20. The molecule has 2 saturated heterocycles. The summed E-state index contributed by atoms with van der Waals surface area (Å²) < 4.78 is 1.17. The third-order valence-corrected chi connectivity index (χ3v) is 5.15. The SMILES string of the molecule is CC(Cc1ccc(Br)cc1)N1CCC2CCC(C1)N2. The number of nitrogens with zero attached hydrogens (tertiary/aromatic N) is 1. The molecule has 2 nitrogen and oxygen atoms in total. The van der Waals surface area contributed by atoms with Crippen LogP contribution in [0, 0.1) is 0 Å². The summed E-state index contributed by atoms with van der Waals surface area (Å²) >= 11 is 3.50. The Kier molecular flexibility index (Phi) is 4.25. The lowest BCUT2D eigenvalue weighted by atomic mass is 10.0. The number of fused-ring (bicyclic) bond motifs is 2. The third kappa shape index (κ3) is 3.39. The summed E-state index contributed by atoms with van der Waals surface area (Å²) in [5, 5.41) is 3.76. The van der Waals surface area contributed by atoms with Gasteiger partial charge in [-0.2, -0.15) is 0 Å². The van der Waals surface area contributed by atoms with Crippen LogP contribution in [0.1, 0.15) is 31.7 Å². The molecule has 1 aromatic carbocycles. The summed E-state index contributed by atoms with van der Waals surface area (Å²) in [5.41, 5.74) is 1.44. The molecule has 104 valence electrons. The van der Waals surface area contributed by atoms with E-state index in [1.807, 2.05) is 0 Å². The Morgan fingerprint density at radius 3 is 2.74 bits per heavy atom. The van der Waals surface area contributed by atoms with Crippen LogP contribution >= 0.6 is 15.9 Å². The Hall–Kier alpha value is -0.380. The molecule has 0 aromatic heterocycles. The summed E-state index contributed by atoms with van der Waals surface area (Å²) in [6.45, 7) is 4.86. The second-order valence-corrected chi connectivity index (χ2v) is 7.02. The molecule has 3 heteroatoms. The topological polar surface area (TPSA) is 15.3 Å². The van der Waals surface area contributed by atoms with Crippen molar-refractivity contribution >= 4 is 15.9 Å². The maximum atomic E-state index is 3.76. The fourth-order valence-corrected chi connectivity index (χ4v) is 3.73. The van der Waals surface area contributed by atoms with E-state index in [1.54, 1.807) is 0 Å². The third-order valence-electron chi connectivity index (χ3n) is 4.62. The van der Waals surface area contributed by atoms with Crippen LogP contribution in [0.3, 0.4) is 0 Å². The van der Waals surface area contributed by atoms with Crippen molar-refractivity contribution in [2.24, 2.45) is 0 Å². The van der Waals surface area contributed by atoms with Gasteiger partial charge in [0.15, 0.2) is 0 Å². The first kappa shape index (κ1) is 13.6. The van der Waals surface area contributed by atoms with Crippen LogP contribution in [-0.2, 0) is 6.42 Å². The molecular weight excluding hydrogens is 300 g/mol. The van der Waals surface area contributed by atoms with Gasteiger partial charge in [-0.15, -0.1) is 0 Å². The summed E-state index contributed by atoms with van der Waals surface area (Å²) in [4.78, 5) is 2.68. The molecule has 3 rings (SSSR count). The van der Waals surface area contributed by atoms with Gasteiger partial charge < -0.3 is 5.32 Å². The van der Waals surface area contributed by atoms with Crippen molar-refractivity contribution in [3.8, 4) is 0 Å². The van der Waals surface area contributed by atoms with Crippen LogP contribution in [0.15, 0.2) is 28.7 Å². The zero-order valence-electron chi connectivity index (χ0n) is 11.6. The smallest absolute Gasteiger partial charge is 0.0198 e. The molecular formula is C16H23BrN2.